The molecule has 1 aliphatic rings. The van der Waals surface area contributed by atoms with Crippen LogP contribution in [0.3, 0.4) is 0 Å². The van der Waals surface area contributed by atoms with Gasteiger partial charge < -0.3 is 5.11 Å². The van der Waals surface area contributed by atoms with E-state index in [1.807, 2.05) is 54.6 Å². The van der Waals surface area contributed by atoms with Crippen LogP contribution in [-0.4, -0.2) is 11.1 Å². The first-order valence-corrected chi connectivity index (χ1v) is 6.76. The standard InChI is InChI=1S/C16H11BrO2/c17-15-13(10-6-2-1-3-7-10)11-8-4-5-9-12(11)14(15)16(18)19/h1-9,14H,(H,18,19). The minimum Gasteiger partial charge on any atom is -0.481 e. The van der Waals surface area contributed by atoms with E-state index < -0.39 is 11.9 Å². The molecule has 1 unspecified atom stereocenters. The van der Waals surface area contributed by atoms with Crippen molar-refractivity contribution in [1.82, 2.24) is 0 Å². The zero-order chi connectivity index (χ0) is 13.4. The van der Waals surface area contributed by atoms with E-state index in [0.29, 0.717) is 0 Å². The molecule has 0 saturated heterocycles. The van der Waals surface area contributed by atoms with E-state index >= 15 is 0 Å². The molecule has 2 aromatic carbocycles. The van der Waals surface area contributed by atoms with Gasteiger partial charge in [0.05, 0.1) is 0 Å². The second kappa shape index (κ2) is 4.67. The summed E-state index contributed by atoms with van der Waals surface area (Å²) in [5, 5.41) is 9.43. The molecule has 0 fully saturated rings. The number of aliphatic carboxylic acids is 1. The van der Waals surface area contributed by atoms with E-state index in [2.05, 4.69) is 15.9 Å². The monoisotopic (exact) mass is 314 g/mol. The largest absolute Gasteiger partial charge is 0.481 e. The molecule has 94 valence electrons. The molecule has 1 N–H and O–H groups in total. The summed E-state index contributed by atoms with van der Waals surface area (Å²) in [5.41, 5.74) is 3.85. The summed E-state index contributed by atoms with van der Waals surface area (Å²) in [6.07, 6.45) is 0. The third-order valence-corrected chi connectivity index (χ3v) is 4.20. The van der Waals surface area contributed by atoms with Crippen LogP contribution >= 0.6 is 15.9 Å². The third kappa shape index (κ3) is 1.90. The van der Waals surface area contributed by atoms with Crippen molar-refractivity contribution >= 4 is 27.5 Å². The molecule has 0 spiro atoms. The SMILES string of the molecule is O=C(O)C1C(Br)=C(c2ccccc2)c2ccccc21. The maximum Gasteiger partial charge on any atom is 0.316 e. The van der Waals surface area contributed by atoms with Gasteiger partial charge in [-0.25, -0.2) is 0 Å². The number of carbonyl (C=O) groups is 1. The van der Waals surface area contributed by atoms with Crippen LogP contribution in [-0.2, 0) is 4.79 Å². The van der Waals surface area contributed by atoms with Crippen molar-refractivity contribution in [2.24, 2.45) is 0 Å². The van der Waals surface area contributed by atoms with Crippen molar-refractivity contribution in [3.8, 4) is 0 Å². The molecule has 0 amide bonds. The van der Waals surface area contributed by atoms with Crippen LogP contribution in [0.5, 0.6) is 0 Å². The van der Waals surface area contributed by atoms with Gasteiger partial charge in [-0.1, -0.05) is 70.5 Å². The molecule has 2 nitrogen and oxygen atoms in total. The van der Waals surface area contributed by atoms with Crippen molar-refractivity contribution in [3.05, 3.63) is 75.8 Å². The van der Waals surface area contributed by atoms with Crippen molar-refractivity contribution in [1.29, 1.82) is 0 Å². The Bertz CT molecular complexity index is 674. The van der Waals surface area contributed by atoms with Gasteiger partial charge >= 0.3 is 5.97 Å². The Balaban J connectivity index is 2.26. The molecular weight excluding hydrogens is 304 g/mol. The molecule has 0 saturated carbocycles. The number of halogens is 1. The highest BCUT2D eigenvalue weighted by molar-refractivity contribution is 9.12. The van der Waals surface area contributed by atoms with Gasteiger partial charge in [-0.2, -0.15) is 0 Å². The van der Waals surface area contributed by atoms with Gasteiger partial charge in [-0.15, -0.1) is 0 Å². The van der Waals surface area contributed by atoms with Crippen LogP contribution in [0.2, 0.25) is 0 Å². The molecule has 1 aliphatic carbocycles. The number of rotatable bonds is 2. The first kappa shape index (κ1) is 12.2. The van der Waals surface area contributed by atoms with Crippen LogP contribution in [0.15, 0.2) is 59.1 Å². The minimum atomic E-state index is -0.828. The van der Waals surface area contributed by atoms with E-state index in [1.54, 1.807) is 0 Å². The fourth-order valence-corrected chi connectivity index (χ4v) is 3.41. The lowest BCUT2D eigenvalue weighted by molar-refractivity contribution is -0.137. The smallest absolute Gasteiger partial charge is 0.316 e. The van der Waals surface area contributed by atoms with E-state index in [-0.39, 0.29) is 0 Å². The second-order valence-electron chi connectivity index (χ2n) is 4.45. The summed E-state index contributed by atoms with van der Waals surface area (Å²) in [5.74, 6) is -1.43. The number of carboxylic acid groups (broad SMARTS) is 1. The van der Waals surface area contributed by atoms with Gasteiger partial charge in [-0.3, -0.25) is 4.79 Å². The Morgan fingerprint density at radius 3 is 2.32 bits per heavy atom. The first-order valence-electron chi connectivity index (χ1n) is 5.97. The Labute approximate surface area is 119 Å². The third-order valence-electron chi connectivity index (χ3n) is 3.34. The molecule has 1 atom stereocenters. The predicted octanol–water partition coefficient (Wildman–Crippen LogP) is 4.02. The molecular formula is C16H11BrO2. The predicted molar refractivity (Wildman–Crippen MR) is 78.2 cm³/mol. The topological polar surface area (TPSA) is 37.3 Å². The van der Waals surface area contributed by atoms with Crippen molar-refractivity contribution in [3.63, 3.8) is 0 Å². The summed E-state index contributed by atoms with van der Waals surface area (Å²) in [4.78, 5) is 11.5. The molecule has 0 bridgehead atoms. The van der Waals surface area contributed by atoms with Crippen LogP contribution in [0.1, 0.15) is 22.6 Å². The average molecular weight is 315 g/mol. The highest BCUT2D eigenvalue weighted by Gasteiger charge is 2.35. The average Bonchev–Trinajstić information content (AvgIpc) is 2.71. The zero-order valence-electron chi connectivity index (χ0n) is 10.0. The summed E-state index contributed by atoms with van der Waals surface area (Å²) >= 11 is 3.49. The van der Waals surface area contributed by atoms with E-state index in [9.17, 15) is 9.90 Å². The summed E-state index contributed by atoms with van der Waals surface area (Å²) in [6, 6.07) is 17.5. The quantitative estimate of drug-likeness (QED) is 0.909. The maximum absolute atomic E-state index is 11.5. The van der Waals surface area contributed by atoms with E-state index in [4.69, 9.17) is 0 Å². The molecule has 0 radical (unpaired) electrons. The maximum atomic E-state index is 11.5. The first-order chi connectivity index (χ1) is 9.20. The van der Waals surface area contributed by atoms with Gasteiger partial charge in [0.15, 0.2) is 0 Å². The molecule has 2 aromatic rings. The molecule has 0 heterocycles. The second-order valence-corrected chi connectivity index (χ2v) is 5.30. The van der Waals surface area contributed by atoms with Gasteiger partial charge in [0.1, 0.15) is 5.92 Å². The van der Waals surface area contributed by atoms with Crippen molar-refractivity contribution in [2.75, 3.05) is 0 Å². The summed E-state index contributed by atoms with van der Waals surface area (Å²) in [6.45, 7) is 0. The van der Waals surface area contributed by atoms with Crippen LogP contribution < -0.4 is 0 Å². The Morgan fingerprint density at radius 1 is 1.00 bits per heavy atom. The van der Waals surface area contributed by atoms with Crippen molar-refractivity contribution in [2.45, 2.75) is 5.92 Å². The number of fused-ring (bicyclic) bond motifs is 1. The highest BCUT2D eigenvalue weighted by atomic mass is 79.9. The Kier molecular flexibility index (Phi) is 2.99. The molecule has 0 aliphatic heterocycles. The minimum absolute atomic E-state index is 0.605. The lowest BCUT2D eigenvalue weighted by atomic mass is 9.98. The number of hydrogen-bond acceptors (Lipinski definition) is 1. The summed E-state index contributed by atoms with van der Waals surface area (Å²) < 4.78 is 0.729. The molecule has 0 aromatic heterocycles. The number of hydrogen-bond donors (Lipinski definition) is 1. The van der Waals surface area contributed by atoms with Crippen LogP contribution in [0.25, 0.3) is 5.57 Å². The van der Waals surface area contributed by atoms with E-state index in [1.165, 1.54) is 0 Å². The Hall–Kier alpha value is -1.87. The van der Waals surface area contributed by atoms with Crippen LogP contribution in [0.4, 0.5) is 0 Å². The lowest BCUT2D eigenvalue weighted by Crippen LogP contribution is -2.09. The fraction of sp³-hybridized carbons (Fsp3) is 0.0625. The highest BCUT2D eigenvalue weighted by Crippen LogP contribution is 2.47. The van der Waals surface area contributed by atoms with Gasteiger partial charge in [0.25, 0.3) is 0 Å². The normalized spacial score (nSPS) is 17.4. The molecule has 3 heteroatoms. The zero-order valence-corrected chi connectivity index (χ0v) is 11.6. The Morgan fingerprint density at radius 2 is 1.63 bits per heavy atom. The fourth-order valence-electron chi connectivity index (χ4n) is 2.53. The number of benzene rings is 2. The van der Waals surface area contributed by atoms with Crippen LogP contribution in [0, 0.1) is 0 Å². The molecule has 19 heavy (non-hydrogen) atoms. The van der Waals surface area contributed by atoms with Gasteiger partial charge in [0.2, 0.25) is 0 Å². The summed E-state index contributed by atoms with van der Waals surface area (Å²) in [7, 11) is 0. The van der Waals surface area contributed by atoms with Crippen molar-refractivity contribution < 1.29 is 9.90 Å². The lowest BCUT2D eigenvalue weighted by Gasteiger charge is -2.06. The van der Waals surface area contributed by atoms with E-state index in [0.717, 1.165) is 26.7 Å². The molecule has 3 rings (SSSR count). The van der Waals surface area contributed by atoms with Gasteiger partial charge in [0, 0.05) is 10.1 Å². The van der Waals surface area contributed by atoms with Gasteiger partial charge in [-0.05, 0) is 16.7 Å². The number of carboxylic acids is 1.